The maximum Gasteiger partial charge on any atom is 0.333 e. The fraction of sp³-hybridized carbons (Fsp3) is 0.480. The van der Waals surface area contributed by atoms with Crippen LogP contribution >= 0.6 is 11.8 Å². The number of methoxy groups -OCH3 is 2. The highest BCUT2D eigenvalue weighted by atomic mass is 32.2. The van der Waals surface area contributed by atoms with Crippen molar-refractivity contribution in [3.8, 4) is 5.75 Å². The number of aromatic hydroxyl groups is 1. The molecule has 1 aromatic carbocycles. The number of carbonyl (C=O) groups excluding carboxylic acids is 3. The first-order valence-corrected chi connectivity index (χ1v) is 13.2. The van der Waals surface area contributed by atoms with Gasteiger partial charge in [-0.2, -0.15) is 0 Å². The monoisotopic (exact) mass is 581 g/mol. The molecule has 218 valence electrons. The molecule has 1 aromatic rings. The number of nitrogens with two attached hydrogens (primary N) is 1. The van der Waals surface area contributed by atoms with E-state index in [1.165, 1.54) is 37.3 Å². The number of hydrazine groups is 1. The van der Waals surface area contributed by atoms with Gasteiger partial charge in [-0.25, -0.2) is 15.6 Å². The van der Waals surface area contributed by atoms with Crippen molar-refractivity contribution in [2.24, 2.45) is 11.3 Å². The minimum absolute atomic E-state index is 0.0478. The van der Waals surface area contributed by atoms with Crippen molar-refractivity contribution in [2.75, 3.05) is 26.5 Å². The molecule has 4 atom stereocenters. The standard InChI is InChI=1S/C25H31N3O11S/c1-37-23(39-19(33)12-9-15-7-10-16(29)11-8-15)24(22(35)36)13-27-20(34)25(38-2,21(27)40-14-24)28(26)17(30)5-3-4-6-18(31)32/h7-12,21,23,29H,3-6,13-14,26H2,1-2H3,(H,31,32)(H,35,36)/t21-,23?,24?,25?/m1/s1. The second-order valence-corrected chi connectivity index (χ2v) is 10.3. The zero-order valence-corrected chi connectivity index (χ0v) is 22.7. The van der Waals surface area contributed by atoms with Crippen LogP contribution in [0.2, 0.25) is 0 Å². The van der Waals surface area contributed by atoms with Crippen molar-refractivity contribution in [3.05, 3.63) is 35.9 Å². The SMILES string of the molecule is COC(OC(=O)C=Cc1ccc(O)cc1)C1(C(=O)O)CS[C@H]2N(C1)C(=O)C2(OC)N(N)C(=O)CCCCC(=O)O. The lowest BCUT2D eigenvalue weighted by molar-refractivity contribution is -0.242. The summed E-state index contributed by atoms with van der Waals surface area (Å²) in [5.41, 5.74) is -3.16. The summed E-state index contributed by atoms with van der Waals surface area (Å²) in [7, 11) is 2.37. The number of fused-ring (bicyclic) bond motifs is 1. The number of hydrogen-bond donors (Lipinski definition) is 4. The third kappa shape index (κ3) is 5.91. The molecule has 0 spiro atoms. The summed E-state index contributed by atoms with van der Waals surface area (Å²) < 4.78 is 16.0. The number of β-lactam (4-membered cyclic amide) rings is 1. The molecule has 2 heterocycles. The summed E-state index contributed by atoms with van der Waals surface area (Å²) in [5, 5.41) is 28.1. The van der Waals surface area contributed by atoms with Crippen LogP contribution in [0.5, 0.6) is 5.75 Å². The van der Waals surface area contributed by atoms with E-state index in [2.05, 4.69) is 0 Å². The second kappa shape index (κ2) is 12.7. The molecule has 0 aromatic heterocycles. The topological polar surface area (TPSA) is 206 Å². The summed E-state index contributed by atoms with van der Waals surface area (Å²) in [6.07, 6.45) is 1.16. The molecule has 2 amide bonds. The number of hydrogen-bond acceptors (Lipinski definition) is 11. The Morgan fingerprint density at radius 2 is 1.82 bits per heavy atom. The Balaban J connectivity index is 1.72. The molecule has 3 rings (SSSR count). The highest BCUT2D eigenvalue weighted by molar-refractivity contribution is 8.00. The summed E-state index contributed by atoms with van der Waals surface area (Å²) in [4.78, 5) is 62.9. The van der Waals surface area contributed by atoms with Crippen LogP contribution in [0.4, 0.5) is 0 Å². The van der Waals surface area contributed by atoms with Crippen molar-refractivity contribution >= 4 is 47.6 Å². The number of thioether (sulfide) groups is 1. The van der Waals surface area contributed by atoms with E-state index in [1.807, 2.05) is 0 Å². The quantitative estimate of drug-likeness (QED) is 0.0368. The molecule has 15 heteroatoms. The van der Waals surface area contributed by atoms with Gasteiger partial charge in [0, 0.05) is 45.4 Å². The Morgan fingerprint density at radius 3 is 2.40 bits per heavy atom. The Labute approximate surface area is 233 Å². The number of phenols is 1. The van der Waals surface area contributed by atoms with Crippen LogP contribution in [0.3, 0.4) is 0 Å². The number of benzene rings is 1. The normalized spacial score (nSPS) is 24.6. The van der Waals surface area contributed by atoms with Gasteiger partial charge in [0.2, 0.25) is 12.2 Å². The van der Waals surface area contributed by atoms with E-state index < -0.39 is 59.1 Å². The number of nitrogens with zero attached hydrogens (tertiary/aromatic N) is 2. The third-order valence-electron chi connectivity index (χ3n) is 6.72. The Hall–Kier alpha value is -3.66. The Kier molecular flexibility index (Phi) is 9.78. The minimum Gasteiger partial charge on any atom is -0.508 e. The lowest BCUT2D eigenvalue weighted by atomic mass is 9.85. The molecule has 14 nitrogen and oxygen atoms in total. The first kappa shape index (κ1) is 30.9. The van der Waals surface area contributed by atoms with Crippen molar-refractivity contribution in [1.82, 2.24) is 9.91 Å². The van der Waals surface area contributed by atoms with Gasteiger partial charge in [0.25, 0.3) is 11.6 Å². The van der Waals surface area contributed by atoms with Crippen LogP contribution in [0.25, 0.3) is 6.08 Å². The van der Waals surface area contributed by atoms with Crippen molar-refractivity contribution in [2.45, 2.75) is 43.1 Å². The smallest absolute Gasteiger partial charge is 0.333 e. The number of phenolic OH excluding ortho intramolecular Hbond substituents is 1. The van der Waals surface area contributed by atoms with Crippen LogP contribution in [0.1, 0.15) is 31.2 Å². The molecule has 2 saturated heterocycles. The molecule has 0 saturated carbocycles. The highest BCUT2D eigenvalue weighted by Crippen LogP contribution is 2.51. The number of carboxylic acid groups (broad SMARTS) is 2. The van der Waals surface area contributed by atoms with E-state index >= 15 is 0 Å². The van der Waals surface area contributed by atoms with Crippen LogP contribution in [0, 0.1) is 5.41 Å². The van der Waals surface area contributed by atoms with Crippen LogP contribution < -0.4 is 5.84 Å². The van der Waals surface area contributed by atoms with Gasteiger partial charge in [0.05, 0.1) is 0 Å². The molecule has 40 heavy (non-hydrogen) atoms. The minimum atomic E-state index is -1.88. The molecule has 0 radical (unpaired) electrons. The van der Waals surface area contributed by atoms with E-state index in [-0.39, 0.29) is 37.2 Å². The van der Waals surface area contributed by atoms with Gasteiger partial charge in [-0.05, 0) is 36.6 Å². The molecule has 2 fully saturated rings. The zero-order chi connectivity index (χ0) is 29.7. The number of unbranched alkanes of at least 4 members (excludes halogenated alkanes) is 1. The van der Waals surface area contributed by atoms with Gasteiger partial charge in [-0.1, -0.05) is 12.1 Å². The molecule has 2 aliphatic heterocycles. The number of ether oxygens (including phenoxy) is 3. The van der Waals surface area contributed by atoms with Gasteiger partial charge in [-0.3, -0.25) is 19.2 Å². The van der Waals surface area contributed by atoms with Crippen molar-refractivity contribution < 1.29 is 53.5 Å². The Morgan fingerprint density at radius 1 is 1.18 bits per heavy atom. The highest BCUT2D eigenvalue weighted by Gasteiger charge is 2.71. The number of carbonyl (C=O) groups is 5. The summed E-state index contributed by atoms with van der Waals surface area (Å²) >= 11 is 0.979. The number of aliphatic carboxylic acids is 2. The fourth-order valence-corrected chi connectivity index (χ4v) is 6.21. The molecule has 3 unspecified atom stereocenters. The van der Waals surface area contributed by atoms with E-state index in [0.29, 0.717) is 10.6 Å². The first-order chi connectivity index (χ1) is 18.9. The molecular formula is C25H31N3O11S. The average molecular weight is 582 g/mol. The lowest BCUT2D eigenvalue weighted by Crippen LogP contribution is -2.84. The summed E-state index contributed by atoms with van der Waals surface area (Å²) in [6.45, 7) is -0.419. The number of amides is 2. The molecule has 0 aliphatic carbocycles. The number of esters is 1. The van der Waals surface area contributed by atoms with Gasteiger partial charge in [0.15, 0.2) is 5.41 Å². The summed E-state index contributed by atoms with van der Waals surface area (Å²) in [5.74, 6) is 1.23. The fourth-order valence-electron chi connectivity index (χ4n) is 4.52. The van der Waals surface area contributed by atoms with Crippen molar-refractivity contribution in [1.29, 1.82) is 0 Å². The van der Waals surface area contributed by atoms with Gasteiger partial charge >= 0.3 is 17.9 Å². The largest absolute Gasteiger partial charge is 0.508 e. The number of rotatable bonds is 13. The number of carboxylic acids is 2. The van der Waals surface area contributed by atoms with E-state index in [0.717, 1.165) is 17.8 Å². The molecule has 2 aliphatic rings. The van der Waals surface area contributed by atoms with Crippen molar-refractivity contribution in [3.63, 3.8) is 0 Å². The van der Waals surface area contributed by atoms with Gasteiger partial charge < -0.3 is 34.4 Å². The maximum absolute atomic E-state index is 13.3. The van der Waals surface area contributed by atoms with Crippen LogP contribution in [-0.4, -0.2) is 98.9 Å². The van der Waals surface area contributed by atoms with Crippen LogP contribution in [-0.2, 0) is 38.2 Å². The molecule has 0 bridgehead atoms. The first-order valence-electron chi connectivity index (χ1n) is 12.1. The van der Waals surface area contributed by atoms with E-state index in [1.54, 1.807) is 12.1 Å². The zero-order valence-electron chi connectivity index (χ0n) is 21.8. The second-order valence-electron chi connectivity index (χ2n) is 9.25. The Bertz CT molecular complexity index is 1180. The van der Waals surface area contributed by atoms with E-state index in [9.17, 15) is 34.2 Å². The molecule has 5 N–H and O–H groups in total. The third-order valence-corrected chi connectivity index (χ3v) is 8.30. The lowest BCUT2D eigenvalue weighted by Gasteiger charge is -2.61. The van der Waals surface area contributed by atoms with E-state index in [4.69, 9.17) is 25.2 Å². The predicted molar refractivity (Wildman–Crippen MR) is 139 cm³/mol. The average Bonchev–Trinajstić information content (AvgIpc) is 2.93. The maximum atomic E-state index is 13.3. The molecular weight excluding hydrogens is 550 g/mol. The van der Waals surface area contributed by atoms with Gasteiger partial charge in [0.1, 0.15) is 11.1 Å². The summed E-state index contributed by atoms with van der Waals surface area (Å²) in [6, 6.07) is 5.97. The predicted octanol–water partition coefficient (Wildman–Crippen LogP) is 0.597. The van der Waals surface area contributed by atoms with Gasteiger partial charge in [-0.15, -0.1) is 11.8 Å². The van der Waals surface area contributed by atoms with Crippen LogP contribution in [0.15, 0.2) is 30.3 Å².